The molecule has 0 aliphatic rings. The van der Waals surface area contributed by atoms with Crippen molar-refractivity contribution in [2.24, 2.45) is 11.7 Å². The Morgan fingerprint density at radius 3 is 2.59 bits per heavy atom. The Morgan fingerprint density at radius 2 is 2.00 bits per heavy atom. The molecule has 2 aromatic rings. The van der Waals surface area contributed by atoms with Crippen molar-refractivity contribution in [2.75, 3.05) is 0 Å². The van der Waals surface area contributed by atoms with E-state index in [-0.39, 0.29) is 0 Å². The van der Waals surface area contributed by atoms with Crippen LogP contribution in [0, 0.1) is 5.92 Å². The van der Waals surface area contributed by atoms with E-state index < -0.39 is 0 Å². The van der Waals surface area contributed by atoms with Crippen LogP contribution < -0.4 is 5.73 Å². The van der Waals surface area contributed by atoms with Crippen LogP contribution in [-0.2, 0) is 13.0 Å². The molecule has 0 saturated carbocycles. The molecule has 2 rings (SSSR count). The highest BCUT2D eigenvalue weighted by Gasteiger charge is 2.13. The summed E-state index contributed by atoms with van der Waals surface area (Å²) in [6.45, 7) is 4.89. The first kappa shape index (κ1) is 12.1. The third-order valence-corrected chi connectivity index (χ3v) is 3.44. The Bertz CT molecular complexity index is 479. The second kappa shape index (κ2) is 5.33. The van der Waals surface area contributed by atoms with Crippen LogP contribution in [0.5, 0.6) is 0 Å². The molecule has 2 heterocycles. The minimum absolute atomic E-state index is 0.534. The highest BCUT2D eigenvalue weighted by atomic mass is 32.1. The number of thiazole rings is 1. The lowest BCUT2D eigenvalue weighted by Crippen LogP contribution is -2.02. The normalized spacial score (nSPS) is 11.1. The van der Waals surface area contributed by atoms with Crippen LogP contribution >= 0.6 is 11.3 Å². The van der Waals surface area contributed by atoms with Crippen LogP contribution in [0.4, 0.5) is 0 Å². The third kappa shape index (κ3) is 2.87. The molecule has 0 saturated heterocycles. The fraction of sp³-hybridized carbons (Fsp3) is 0.417. The second-order valence-electron chi connectivity index (χ2n) is 4.26. The lowest BCUT2D eigenvalue weighted by atomic mass is 10.1. The Hall–Kier alpha value is -1.33. The monoisotopic (exact) mass is 248 g/mol. The van der Waals surface area contributed by atoms with E-state index in [4.69, 9.17) is 5.73 Å². The summed E-state index contributed by atoms with van der Waals surface area (Å²) in [6, 6.07) is 1.80. The van der Waals surface area contributed by atoms with Crippen LogP contribution in [0.15, 0.2) is 18.5 Å². The molecular formula is C12H16N4S. The average Bonchev–Trinajstić information content (AvgIpc) is 2.72. The summed E-state index contributed by atoms with van der Waals surface area (Å²) >= 11 is 1.59. The Balaban J connectivity index is 2.34. The molecule has 0 unspecified atom stereocenters. The summed E-state index contributed by atoms with van der Waals surface area (Å²) in [5.74, 6) is 1.26. The van der Waals surface area contributed by atoms with Crippen LogP contribution in [-0.4, -0.2) is 15.0 Å². The van der Waals surface area contributed by atoms with Gasteiger partial charge in [0, 0.05) is 23.8 Å². The number of hydrogen-bond acceptors (Lipinski definition) is 5. The molecule has 2 aromatic heterocycles. The Kier molecular flexibility index (Phi) is 3.81. The minimum atomic E-state index is 0.534. The largest absolute Gasteiger partial charge is 0.326 e. The topological polar surface area (TPSA) is 64.7 Å². The molecule has 0 spiro atoms. The molecule has 0 bridgehead atoms. The molecule has 0 radical (unpaired) electrons. The maximum Gasteiger partial charge on any atom is 0.188 e. The first-order chi connectivity index (χ1) is 8.20. The fourth-order valence-corrected chi connectivity index (χ4v) is 2.51. The zero-order valence-corrected chi connectivity index (χ0v) is 10.9. The number of rotatable bonds is 4. The van der Waals surface area contributed by atoms with Gasteiger partial charge in [-0.1, -0.05) is 13.8 Å². The summed E-state index contributed by atoms with van der Waals surface area (Å²) in [7, 11) is 0. The number of nitrogens with two attached hydrogens (primary N) is 1. The summed E-state index contributed by atoms with van der Waals surface area (Å²) in [5, 5.41) is 0.863. The first-order valence-corrected chi connectivity index (χ1v) is 6.48. The quantitative estimate of drug-likeness (QED) is 0.901. The SMILES string of the molecule is CC(C)Cc1nc(-c2ncccn2)sc1CN. The van der Waals surface area contributed by atoms with Gasteiger partial charge in [0.05, 0.1) is 5.69 Å². The number of aromatic nitrogens is 3. The molecule has 0 fully saturated rings. The van der Waals surface area contributed by atoms with Gasteiger partial charge >= 0.3 is 0 Å². The van der Waals surface area contributed by atoms with Gasteiger partial charge in [-0.3, -0.25) is 0 Å². The molecule has 0 atom stereocenters. The molecule has 5 heteroatoms. The summed E-state index contributed by atoms with van der Waals surface area (Å²) in [6.07, 6.45) is 4.41. The molecule has 4 nitrogen and oxygen atoms in total. The van der Waals surface area contributed by atoms with E-state index in [1.165, 1.54) is 0 Å². The zero-order valence-electron chi connectivity index (χ0n) is 10.1. The van der Waals surface area contributed by atoms with Gasteiger partial charge in [0.1, 0.15) is 0 Å². The van der Waals surface area contributed by atoms with Gasteiger partial charge in [-0.25, -0.2) is 15.0 Å². The summed E-state index contributed by atoms with van der Waals surface area (Å²) < 4.78 is 0. The molecular weight excluding hydrogens is 232 g/mol. The maximum atomic E-state index is 5.75. The van der Waals surface area contributed by atoms with Gasteiger partial charge in [0.2, 0.25) is 0 Å². The summed E-state index contributed by atoms with van der Waals surface area (Å²) in [5.41, 5.74) is 6.84. The van der Waals surface area contributed by atoms with Crippen molar-refractivity contribution in [1.82, 2.24) is 15.0 Å². The van der Waals surface area contributed by atoms with Crippen molar-refractivity contribution in [3.63, 3.8) is 0 Å². The molecule has 0 amide bonds. The summed E-state index contributed by atoms with van der Waals surface area (Å²) in [4.78, 5) is 14.2. The van der Waals surface area contributed by atoms with Crippen molar-refractivity contribution < 1.29 is 0 Å². The highest BCUT2D eigenvalue weighted by Crippen LogP contribution is 2.26. The Labute approximate surface area is 105 Å². The third-order valence-electron chi connectivity index (χ3n) is 2.32. The van der Waals surface area contributed by atoms with Gasteiger partial charge in [0.15, 0.2) is 10.8 Å². The highest BCUT2D eigenvalue weighted by molar-refractivity contribution is 7.15. The lowest BCUT2D eigenvalue weighted by molar-refractivity contribution is 0.634. The predicted molar refractivity (Wildman–Crippen MR) is 69.6 cm³/mol. The molecule has 0 aliphatic carbocycles. The van der Waals surface area contributed by atoms with Gasteiger partial charge in [-0.15, -0.1) is 11.3 Å². The zero-order chi connectivity index (χ0) is 12.3. The molecule has 0 aromatic carbocycles. The van der Waals surface area contributed by atoms with E-state index in [0.29, 0.717) is 18.3 Å². The van der Waals surface area contributed by atoms with Gasteiger partial charge < -0.3 is 5.73 Å². The van der Waals surface area contributed by atoms with Gasteiger partial charge in [0.25, 0.3) is 0 Å². The van der Waals surface area contributed by atoms with E-state index in [0.717, 1.165) is 22.0 Å². The van der Waals surface area contributed by atoms with E-state index in [1.807, 2.05) is 0 Å². The second-order valence-corrected chi connectivity index (χ2v) is 5.35. The number of nitrogens with zero attached hydrogens (tertiary/aromatic N) is 3. The average molecular weight is 248 g/mol. The fourth-order valence-electron chi connectivity index (χ4n) is 1.59. The molecule has 0 aliphatic heterocycles. The molecule has 2 N–H and O–H groups in total. The van der Waals surface area contributed by atoms with E-state index in [1.54, 1.807) is 29.8 Å². The van der Waals surface area contributed by atoms with Gasteiger partial charge in [-0.05, 0) is 18.4 Å². The first-order valence-electron chi connectivity index (χ1n) is 5.66. The standard InChI is InChI=1S/C12H16N4S/c1-8(2)6-9-10(7-13)17-12(16-9)11-14-4-3-5-15-11/h3-5,8H,6-7,13H2,1-2H3. The van der Waals surface area contributed by atoms with E-state index in [9.17, 15) is 0 Å². The number of hydrogen-bond donors (Lipinski definition) is 1. The van der Waals surface area contributed by atoms with Gasteiger partial charge in [-0.2, -0.15) is 0 Å². The van der Waals surface area contributed by atoms with Crippen molar-refractivity contribution in [3.05, 3.63) is 29.0 Å². The maximum absolute atomic E-state index is 5.75. The van der Waals surface area contributed by atoms with Crippen LogP contribution in [0.1, 0.15) is 24.4 Å². The van der Waals surface area contributed by atoms with E-state index >= 15 is 0 Å². The molecule has 90 valence electrons. The van der Waals surface area contributed by atoms with Crippen molar-refractivity contribution in [3.8, 4) is 10.8 Å². The van der Waals surface area contributed by atoms with Crippen LogP contribution in [0.25, 0.3) is 10.8 Å². The lowest BCUT2D eigenvalue weighted by Gasteiger charge is -2.02. The predicted octanol–water partition coefficient (Wildman–Crippen LogP) is 2.26. The van der Waals surface area contributed by atoms with Crippen molar-refractivity contribution >= 4 is 11.3 Å². The van der Waals surface area contributed by atoms with Crippen molar-refractivity contribution in [2.45, 2.75) is 26.8 Å². The van der Waals surface area contributed by atoms with Crippen LogP contribution in [0.3, 0.4) is 0 Å². The molecule has 17 heavy (non-hydrogen) atoms. The smallest absolute Gasteiger partial charge is 0.188 e. The Morgan fingerprint density at radius 1 is 1.29 bits per heavy atom. The van der Waals surface area contributed by atoms with Crippen LogP contribution in [0.2, 0.25) is 0 Å². The minimum Gasteiger partial charge on any atom is -0.326 e. The van der Waals surface area contributed by atoms with Crippen molar-refractivity contribution in [1.29, 1.82) is 0 Å². The van der Waals surface area contributed by atoms with E-state index in [2.05, 4.69) is 28.8 Å².